The first-order chi connectivity index (χ1) is 8.61. The average Bonchev–Trinajstić information content (AvgIpc) is 2.27. The lowest BCUT2D eigenvalue weighted by Gasteiger charge is -2.35. The minimum atomic E-state index is -0.219. The maximum Gasteiger partial charge on any atom is 0.124 e. The van der Waals surface area contributed by atoms with Crippen LogP contribution >= 0.6 is 15.9 Å². The molecule has 0 radical (unpaired) electrons. The Balaban J connectivity index is 2.10. The third-order valence-corrected chi connectivity index (χ3v) is 4.53. The van der Waals surface area contributed by atoms with Gasteiger partial charge < -0.3 is 5.73 Å². The first kappa shape index (κ1) is 14.0. The molecule has 1 atom stereocenters. The molecule has 2 rings (SSSR count). The van der Waals surface area contributed by atoms with Crippen molar-refractivity contribution in [1.82, 2.24) is 4.90 Å². The van der Waals surface area contributed by atoms with Crippen LogP contribution in [0.2, 0.25) is 0 Å². The zero-order valence-corrected chi connectivity index (χ0v) is 12.3. The van der Waals surface area contributed by atoms with Crippen molar-refractivity contribution < 1.29 is 4.39 Å². The molecule has 0 aliphatic heterocycles. The van der Waals surface area contributed by atoms with Crippen LogP contribution < -0.4 is 5.73 Å². The van der Waals surface area contributed by atoms with E-state index in [2.05, 4.69) is 27.9 Å². The molecular formula is C14H20BrFN2. The molecule has 1 aliphatic rings. The maximum absolute atomic E-state index is 13.1. The van der Waals surface area contributed by atoms with Gasteiger partial charge in [0.05, 0.1) is 0 Å². The van der Waals surface area contributed by atoms with Gasteiger partial charge in [-0.3, -0.25) is 4.90 Å². The van der Waals surface area contributed by atoms with E-state index in [0.29, 0.717) is 6.54 Å². The van der Waals surface area contributed by atoms with E-state index < -0.39 is 0 Å². The third kappa shape index (κ3) is 3.11. The van der Waals surface area contributed by atoms with Crippen LogP contribution in [0.25, 0.3) is 0 Å². The van der Waals surface area contributed by atoms with E-state index in [0.717, 1.165) is 22.5 Å². The number of rotatable bonds is 5. The Morgan fingerprint density at radius 2 is 2.22 bits per heavy atom. The van der Waals surface area contributed by atoms with Gasteiger partial charge in [-0.2, -0.15) is 0 Å². The van der Waals surface area contributed by atoms with Crippen LogP contribution in [0.4, 0.5) is 4.39 Å². The number of nitrogens with two attached hydrogens (primary N) is 1. The summed E-state index contributed by atoms with van der Waals surface area (Å²) in [6.45, 7) is 1.62. The van der Waals surface area contributed by atoms with E-state index in [1.165, 1.54) is 31.4 Å². The lowest BCUT2D eigenvalue weighted by Crippen LogP contribution is -2.36. The summed E-state index contributed by atoms with van der Waals surface area (Å²) in [5.41, 5.74) is 6.96. The number of nitrogens with zero attached hydrogens (tertiary/aromatic N) is 1. The number of hydrogen-bond donors (Lipinski definition) is 1. The Labute approximate surface area is 116 Å². The van der Waals surface area contributed by atoms with E-state index in [1.807, 2.05) is 6.07 Å². The average molecular weight is 315 g/mol. The second-order valence-electron chi connectivity index (χ2n) is 5.15. The van der Waals surface area contributed by atoms with Gasteiger partial charge in [0.2, 0.25) is 0 Å². The highest BCUT2D eigenvalue weighted by molar-refractivity contribution is 9.10. The van der Waals surface area contributed by atoms with Crippen molar-refractivity contribution in [3.63, 3.8) is 0 Å². The van der Waals surface area contributed by atoms with Crippen molar-refractivity contribution in [2.24, 2.45) is 11.7 Å². The van der Waals surface area contributed by atoms with Gasteiger partial charge in [-0.15, -0.1) is 0 Å². The fourth-order valence-electron chi connectivity index (χ4n) is 2.53. The summed E-state index contributed by atoms with van der Waals surface area (Å²) in [4.78, 5) is 2.29. The lowest BCUT2D eigenvalue weighted by molar-refractivity contribution is 0.164. The zero-order chi connectivity index (χ0) is 13.1. The molecule has 1 aromatic carbocycles. The third-order valence-electron chi connectivity index (χ3n) is 3.85. The van der Waals surface area contributed by atoms with Crippen LogP contribution in [0.1, 0.15) is 30.9 Å². The molecule has 1 saturated carbocycles. The molecule has 4 heteroatoms. The predicted molar refractivity (Wildman–Crippen MR) is 75.9 cm³/mol. The van der Waals surface area contributed by atoms with E-state index >= 15 is 0 Å². The van der Waals surface area contributed by atoms with Gasteiger partial charge in [0.25, 0.3) is 0 Å². The van der Waals surface area contributed by atoms with Crippen molar-refractivity contribution in [3.05, 3.63) is 34.1 Å². The van der Waals surface area contributed by atoms with E-state index in [1.54, 1.807) is 0 Å². The number of benzene rings is 1. The maximum atomic E-state index is 13.1. The molecule has 0 saturated heterocycles. The van der Waals surface area contributed by atoms with Gasteiger partial charge in [0, 0.05) is 23.6 Å². The summed E-state index contributed by atoms with van der Waals surface area (Å²) >= 11 is 3.43. The molecule has 100 valence electrons. The van der Waals surface area contributed by atoms with Crippen LogP contribution in [0.3, 0.4) is 0 Å². The van der Waals surface area contributed by atoms with Gasteiger partial charge in [0.1, 0.15) is 5.82 Å². The summed E-state index contributed by atoms with van der Waals surface area (Å²) < 4.78 is 13.9. The monoisotopic (exact) mass is 314 g/mol. The first-order valence-corrected chi connectivity index (χ1v) is 7.26. The van der Waals surface area contributed by atoms with Crippen LogP contribution in [0, 0.1) is 11.7 Å². The molecule has 1 aliphatic carbocycles. The number of halogens is 2. The predicted octanol–water partition coefficient (Wildman–Crippen LogP) is 3.32. The SMILES string of the molecule is CN(CC1CCC1)C(CN)c1ccc(F)cc1Br. The summed E-state index contributed by atoms with van der Waals surface area (Å²) in [5.74, 6) is 0.589. The largest absolute Gasteiger partial charge is 0.329 e. The summed E-state index contributed by atoms with van der Waals surface area (Å²) in [7, 11) is 2.10. The topological polar surface area (TPSA) is 29.3 Å². The Morgan fingerprint density at radius 1 is 1.50 bits per heavy atom. The van der Waals surface area contributed by atoms with E-state index in [-0.39, 0.29) is 11.9 Å². The molecule has 2 N–H and O–H groups in total. The molecule has 18 heavy (non-hydrogen) atoms. The Kier molecular flexibility index (Phi) is 4.76. The summed E-state index contributed by atoms with van der Waals surface area (Å²) in [6, 6.07) is 4.99. The lowest BCUT2D eigenvalue weighted by atomic mass is 9.85. The Morgan fingerprint density at radius 3 is 2.72 bits per heavy atom. The first-order valence-electron chi connectivity index (χ1n) is 6.47. The van der Waals surface area contributed by atoms with Gasteiger partial charge in [-0.1, -0.05) is 28.4 Å². The Hall–Kier alpha value is -0.450. The molecule has 2 nitrogen and oxygen atoms in total. The smallest absolute Gasteiger partial charge is 0.124 e. The highest BCUT2D eigenvalue weighted by atomic mass is 79.9. The van der Waals surface area contributed by atoms with Crippen LogP contribution in [0.5, 0.6) is 0 Å². The van der Waals surface area contributed by atoms with Crippen molar-refractivity contribution in [2.75, 3.05) is 20.1 Å². The van der Waals surface area contributed by atoms with Crippen molar-refractivity contribution in [1.29, 1.82) is 0 Å². The van der Waals surface area contributed by atoms with E-state index in [9.17, 15) is 4.39 Å². The normalized spacial score (nSPS) is 17.8. The molecule has 0 amide bonds. The summed E-state index contributed by atoms with van der Waals surface area (Å²) in [6.07, 6.45) is 4.00. The quantitative estimate of drug-likeness (QED) is 0.903. The molecule has 1 aromatic rings. The van der Waals surface area contributed by atoms with Crippen molar-refractivity contribution in [2.45, 2.75) is 25.3 Å². The summed E-state index contributed by atoms with van der Waals surface area (Å²) in [5, 5.41) is 0. The Bertz CT molecular complexity index is 407. The molecule has 0 bridgehead atoms. The van der Waals surface area contributed by atoms with Crippen LogP contribution in [-0.4, -0.2) is 25.0 Å². The highest BCUT2D eigenvalue weighted by Crippen LogP contribution is 2.31. The molecule has 0 aromatic heterocycles. The molecule has 1 unspecified atom stereocenters. The van der Waals surface area contributed by atoms with Crippen LogP contribution in [-0.2, 0) is 0 Å². The van der Waals surface area contributed by atoms with Gasteiger partial charge in [0.15, 0.2) is 0 Å². The zero-order valence-electron chi connectivity index (χ0n) is 10.7. The van der Waals surface area contributed by atoms with Gasteiger partial charge >= 0.3 is 0 Å². The second kappa shape index (κ2) is 6.13. The minimum Gasteiger partial charge on any atom is -0.329 e. The van der Waals surface area contributed by atoms with E-state index in [4.69, 9.17) is 5.73 Å². The van der Waals surface area contributed by atoms with Crippen molar-refractivity contribution in [3.8, 4) is 0 Å². The van der Waals surface area contributed by atoms with Gasteiger partial charge in [-0.05, 0) is 43.5 Å². The number of likely N-dealkylation sites (N-methyl/N-ethyl adjacent to an activating group) is 1. The minimum absolute atomic E-state index is 0.153. The second-order valence-corrected chi connectivity index (χ2v) is 6.01. The molecule has 0 spiro atoms. The molecular weight excluding hydrogens is 295 g/mol. The molecule has 1 fully saturated rings. The standard InChI is InChI=1S/C14H20BrFN2/c1-18(9-10-3-2-4-10)14(8-17)12-6-5-11(16)7-13(12)15/h5-7,10,14H,2-4,8-9,17H2,1H3. The highest BCUT2D eigenvalue weighted by Gasteiger charge is 2.24. The molecule has 0 heterocycles. The van der Waals surface area contributed by atoms with Gasteiger partial charge in [-0.25, -0.2) is 4.39 Å². The van der Waals surface area contributed by atoms with Crippen LogP contribution in [0.15, 0.2) is 22.7 Å². The fourth-order valence-corrected chi connectivity index (χ4v) is 3.14. The van der Waals surface area contributed by atoms with Crippen molar-refractivity contribution >= 4 is 15.9 Å². The number of hydrogen-bond acceptors (Lipinski definition) is 2. The fraction of sp³-hybridized carbons (Fsp3) is 0.571.